The van der Waals surface area contributed by atoms with E-state index in [1.54, 1.807) is 0 Å². The van der Waals surface area contributed by atoms with Gasteiger partial charge in [0.05, 0.1) is 6.10 Å². The van der Waals surface area contributed by atoms with Gasteiger partial charge in [0.15, 0.2) is 8.32 Å². The summed E-state index contributed by atoms with van der Waals surface area (Å²) in [6, 6.07) is 0. The van der Waals surface area contributed by atoms with Gasteiger partial charge in [0, 0.05) is 6.61 Å². The molecule has 1 fully saturated rings. The Kier molecular flexibility index (Phi) is 6.14. The molecule has 126 valence electrons. The van der Waals surface area contributed by atoms with Crippen LogP contribution in [0, 0.1) is 17.3 Å². The summed E-state index contributed by atoms with van der Waals surface area (Å²) in [6.45, 7) is 18.9. The third-order valence-corrected chi connectivity index (χ3v) is 10.2. The second-order valence-corrected chi connectivity index (χ2v) is 14.5. The molecule has 0 aromatic carbocycles. The summed E-state index contributed by atoms with van der Waals surface area (Å²) in [4.78, 5) is 0. The minimum Gasteiger partial charge on any atom is -0.417 e. The molecule has 0 saturated heterocycles. The first-order valence-corrected chi connectivity index (χ1v) is 11.6. The molecule has 1 rings (SSSR count). The first-order chi connectivity index (χ1) is 9.34. The molecule has 2 nitrogen and oxygen atoms in total. The molecule has 0 spiro atoms. The Hall–Kier alpha value is 0.137. The lowest BCUT2D eigenvalue weighted by Gasteiger charge is -2.40. The van der Waals surface area contributed by atoms with Gasteiger partial charge in [-0.05, 0) is 61.1 Å². The van der Waals surface area contributed by atoms with Gasteiger partial charge in [0.1, 0.15) is 0 Å². The van der Waals surface area contributed by atoms with E-state index in [0.29, 0.717) is 16.9 Å². The van der Waals surface area contributed by atoms with Crippen LogP contribution in [0.3, 0.4) is 0 Å². The van der Waals surface area contributed by atoms with E-state index in [9.17, 15) is 5.11 Å². The standard InChI is InChI=1S/C18H38O2Si/c1-17(2,3)16(19)15-11-9-14(10-12-15)13-20-21(7,8)18(4,5)6/h14-16,19H,9-13H2,1-8H3. The Morgan fingerprint density at radius 3 is 1.86 bits per heavy atom. The topological polar surface area (TPSA) is 29.5 Å². The maximum absolute atomic E-state index is 10.4. The van der Waals surface area contributed by atoms with Crippen molar-refractivity contribution in [3.05, 3.63) is 0 Å². The lowest BCUT2D eigenvalue weighted by Crippen LogP contribution is -2.42. The van der Waals surface area contributed by atoms with Crippen LogP contribution in [-0.2, 0) is 4.43 Å². The summed E-state index contributed by atoms with van der Waals surface area (Å²) < 4.78 is 6.37. The highest BCUT2D eigenvalue weighted by atomic mass is 28.4. The Bertz CT molecular complexity index is 317. The van der Waals surface area contributed by atoms with Crippen molar-refractivity contribution in [1.82, 2.24) is 0 Å². The van der Waals surface area contributed by atoms with Crippen LogP contribution in [0.2, 0.25) is 18.1 Å². The van der Waals surface area contributed by atoms with Gasteiger partial charge in [-0.25, -0.2) is 0 Å². The van der Waals surface area contributed by atoms with Crippen LogP contribution in [0.25, 0.3) is 0 Å². The van der Waals surface area contributed by atoms with E-state index in [4.69, 9.17) is 4.43 Å². The van der Waals surface area contributed by atoms with Gasteiger partial charge < -0.3 is 9.53 Å². The van der Waals surface area contributed by atoms with E-state index >= 15 is 0 Å². The van der Waals surface area contributed by atoms with Gasteiger partial charge in [-0.15, -0.1) is 0 Å². The minimum atomic E-state index is -1.61. The normalized spacial score (nSPS) is 26.7. The molecule has 1 aliphatic rings. The molecule has 0 aromatic heterocycles. The zero-order valence-corrected chi connectivity index (χ0v) is 16.6. The van der Waals surface area contributed by atoms with Crippen molar-refractivity contribution in [2.24, 2.45) is 17.3 Å². The fraction of sp³-hybridized carbons (Fsp3) is 1.00. The van der Waals surface area contributed by atoms with Crippen molar-refractivity contribution in [2.75, 3.05) is 6.61 Å². The second kappa shape index (κ2) is 6.72. The monoisotopic (exact) mass is 314 g/mol. The van der Waals surface area contributed by atoms with Gasteiger partial charge >= 0.3 is 0 Å². The molecule has 1 N–H and O–H groups in total. The van der Waals surface area contributed by atoms with Crippen molar-refractivity contribution >= 4 is 8.32 Å². The van der Waals surface area contributed by atoms with Crippen LogP contribution in [0.4, 0.5) is 0 Å². The van der Waals surface area contributed by atoms with Crippen molar-refractivity contribution in [3.63, 3.8) is 0 Å². The fourth-order valence-electron chi connectivity index (χ4n) is 2.92. The van der Waals surface area contributed by atoms with E-state index in [2.05, 4.69) is 54.6 Å². The first kappa shape index (κ1) is 19.2. The van der Waals surface area contributed by atoms with Gasteiger partial charge in [-0.2, -0.15) is 0 Å². The third-order valence-electron chi connectivity index (χ3n) is 5.71. The van der Waals surface area contributed by atoms with Crippen molar-refractivity contribution in [1.29, 1.82) is 0 Å². The Labute approximate surface area is 133 Å². The predicted molar refractivity (Wildman–Crippen MR) is 94.1 cm³/mol. The number of aliphatic hydroxyl groups excluding tert-OH is 1. The molecule has 21 heavy (non-hydrogen) atoms. The van der Waals surface area contributed by atoms with Crippen LogP contribution in [0.5, 0.6) is 0 Å². The quantitative estimate of drug-likeness (QED) is 0.721. The predicted octanol–water partition coefficient (Wildman–Crippen LogP) is 5.22. The minimum absolute atomic E-state index is 0.00907. The Morgan fingerprint density at radius 1 is 1.00 bits per heavy atom. The van der Waals surface area contributed by atoms with Crippen LogP contribution in [-0.4, -0.2) is 26.1 Å². The van der Waals surface area contributed by atoms with Crippen LogP contribution in [0.1, 0.15) is 67.2 Å². The molecule has 0 aliphatic heterocycles. The summed E-state index contributed by atoms with van der Waals surface area (Å²) in [5.41, 5.74) is 0.00907. The summed E-state index contributed by atoms with van der Waals surface area (Å²) in [7, 11) is -1.61. The third kappa shape index (κ3) is 5.37. The maximum atomic E-state index is 10.4. The average molecular weight is 315 g/mol. The molecular weight excluding hydrogens is 276 g/mol. The van der Waals surface area contributed by atoms with E-state index in [1.807, 2.05) is 0 Å². The highest BCUT2D eigenvalue weighted by molar-refractivity contribution is 6.74. The average Bonchev–Trinajstić information content (AvgIpc) is 2.34. The number of hydrogen-bond donors (Lipinski definition) is 1. The Balaban J connectivity index is 2.41. The summed E-state index contributed by atoms with van der Waals surface area (Å²) in [6.07, 6.45) is 4.58. The SMILES string of the molecule is CC(C)(C)C(O)C1CCC(CO[Si](C)(C)C(C)(C)C)CC1. The molecule has 0 aromatic rings. The molecule has 0 amide bonds. The molecule has 1 saturated carbocycles. The van der Waals surface area contributed by atoms with E-state index in [0.717, 1.165) is 19.4 Å². The van der Waals surface area contributed by atoms with Crippen LogP contribution < -0.4 is 0 Å². The fourth-order valence-corrected chi connectivity index (χ4v) is 4.01. The van der Waals surface area contributed by atoms with Crippen LogP contribution >= 0.6 is 0 Å². The first-order valence-electron chi connectivity index (χ1n) is 8.66. The zero-order valence-electron chi connectivity index (χ0n) is 15.6. The molecular formula is C18H38O2Si. The molecule has 1 unspecified atom stereocenters. The number of hydrogen-bond acceptors (Lipinski definition) is 2. The summed E-state index contributed by atoms with van der Waals surface area (Å²) in [5, 5.41) is 10.7. The van der Waals surface area contributed by atoms with E-state index in [1.165, 1.54) is 12.8 Å². The lowest BCUT2D eigenvalue weighted by molar-refractivity contribution is -0.0106. The van der Waals surface area contributed by atoms with Crippen LogP contribution in [0.15, 0.2) is 0 Å². The van der Waals surface area contributed by atoms with E-state index < -0.39 is 8.32 Å². The second-order valence-electron chi connectivity index (χ2n) is 9.66. The summed E-state index contributed by atoms with van der Waals surface area (Å²) >= 11 is 0. The van der Waals surface area contributed by atoms with E-state index in [-0.39, 0.29) is 11.5 Å². The molecule has 0 radical (unpaired) electrons. The summed E-state index contributed by atoms with van der Waals surface area (Å²) in [5.74, 6) is 1.18. The molecule has 0 bridgehead atoms. The van der Waals surface area contributed by atoms with Crippen molar-refractivity contribution in [2.45, 2.75) is 91.5 Å². The molecule has 3 heteroatoms. The highest BCUT2D eigenvalue weighted by Gasteiger charge is 2.38. The van der Waals surface area contributed by atoms with Crippen molar-refractivity contribution in [3.8, 4) is 0 Å². The highest BCUT2D eigenvalue weighted by Crippen LogP contribution is 2.39. The zero-order chi connectivity index (χ0) is 16.5. The number of rotatable bonds is 4. The molecule has 0 heterocycles. The smallest absolute Gasteiger partial charge is 0.191 e. The Morgan fingerprint density at radius 2 is 1.48 bits per heavy atom. The van der Waals surface area contributed by atoms with Gasteiger partial charge in [-0.1, -0.05) is 41.5 Å². The van der Waals surface area contributed by atoms with Crippen molar-refractivity contribution < 1.29 is 9.53 Å². The lowest BCUT2D eigenvalue weighted by atomic mass is 9.72. The number of aliphatic hydroxyl groups is 1. The van der Waals surface area contributed by atoms with Gasteiger partial charge in [0.2, 0.25) is 0 Å². The van der Waals surface area contributed by atoms with Gasteiger partial charge in [-0.3, -0.25) is 0 Å². The van der Waals surface area contributed by atoms with Gasteiger partial charge in [0.25, 0.3) is 0 Å². The molecule has 1 atom stereocenters. The molecule has 1 aliphatic carbocycles. The largest absolute Gasteiger partial charge is 0.417 e. The maximum Gasteiger partial charge on any atom is 0.191 e.